The SMILES string of the molecule is CNC(=O)c1cc(Oc2cc(NC(=O)C3COCCN3)ccc2C)ccn1. The standard InChI is InChI=1S/C19H22N4O4/c1-12-3-4-13(23-19(25)16-11-26-8-7-22-16)9-17(12)27-14-5-6-21-15(10-14)18(24)20-2/h3-6,9-10,16,22H,7-8,11H2,1-2H3,(H,20,24)(H,23,25). The first kappa shape index (κ1) is 18.8. The highest BCUT2D eigenvalue weighted by molar-refractivity contribution is 5.95. The van der Waals surface area contributed by atoms with E-state index in [1.165, 1.54) is 6.20 Å². The number of aryl methyl sites for hydroxylation is 1. The topological polar surface area (TPSA) is 102 Å². The molecule has 3 N–H and O–H groups in total. The number of nitrogens with one attached hydrogen (secondary N) is 3. The summed E-state index contributed by atoms with van der Waals surface area (Å²) < 4.78 is 11.2. The molecule has 2 aromatic rings. The quantitative estimate of drug-likeness (QED) is 0.737. The van der Waals surface area contributed by atoms with Crippen LogP contribution in [-0.4, -0.2) is 49.6 Å². The summed E-state index contributed by atoms with van der Waals surface area (Å²) in [6, 6.07) is 8.27. The second-order valence-electron chi connectivity index (χ2n) is 6.11. The molecule has 2 heterocycles. The fourth-order valence-electron chi connectivity index (χ4n) is 2.60. The van der Waals surface area contributed by atoms with Crippen LogP contribution in [-0.2, 0) is 9.53 Å². The van der Waals surface area contributed by atoms with Gasteiger partial charge in [-0.05, 0) is 24.6 Å². The minimum Gasteiger partial charge on any atom is -0.457 e. The number of ether oxygens (including phenoxy) is 2. The van der Waals surface area contributed by atoms with Crippen molar-refractivity contribution in [1.82, 2.24) is 15.6 Å². The minimum atomic E-state index is -0.375. The van der Waals surface area contributed by atoms with Gasteiger partial charge in [-0.15, -0.1) is 0 Å². The van der Waals surface area contributed by atoms with Crippen molar-refractivity contribution in [3.63, 3.8) is 0 Å². The van der Waals surface area contributed by atoms with Crippen LogP contribution in [0.4, 0.5) is 5.69 Å². The molecule has 1 atom stereocenters. The van der Waals surface area contributed by atoms with Gasteiger partial charge in [-0.25, -0.2) is 0 Å². The van der Waals surface area contributed by atoms with Gasteiger partial charge in [0, 0.05) is 37.6 Å². The highest BCUT2D eigenvalue weighted by Gasteiger charge is 2.21. The Hall–Kier alpha value is -2.97. The van der Waals surface area contributed by atoms with Crippen molar-refractivity contribution in [3.05, 3.63) is 47.8 Å². The van der Waals surface area contributed by atoms with Crippen molar-refractivity contribution >= 4 is 17.5 Å². The lowest BCUT2D eigenvalue weighted by Gasteiger charge is -2.23. The molecule has 8 nitrogen and oxygen atoms in total. The Morgan fingerprint density at radius 2 is 2.15 bits per heavy atom. The number of hydrogen-bond acceptors (Lipinski definition) is 6. The Morgan fingerprint density at radius 3 is 2.89 bits per heavy atom. The summed E-state index contributed by atoms with van der Waals surface area (Å²) in [5, 5.41) is 8.50. The summed E-state index contributed by atoms with van der Waals surface area (Å²) in [6.45, 7) is 3.50. The molecule has 8 heteroatoms. The summed E-state index contributed by atoms with van der Waals surface area (Å²) in [7, 11) is 1.54. The fourth-order valence-corrected chi connectivity index (χ4v) is 2.60. The molecule has 0 aliphatic carbocycles. The molecular weight excluding hydrogens is 348 g/mol. The first-order valence-electron chi connectivity index (χ1n) is 8.65. The average Bonchev–Trinajstić information content (AvgIpc) is 2.70. The third kappa shape index (κ3) is 4.81. The molecule has 0 spiro atoms. The largest absolute Gasteiger partial charge is 0.457 e. The molecule has 3 rings (SSSR count). The van der Waals surface area contributed by atoms with E-state index in [1.54, 1.807) is 25.2 Å². The van der Waals surface area contributed by atoms with Gasteiger partial charge in [-0.1, -0.05) is 6.07 Å². The number of benzene rings is 1. The Balaban J connectivity index is 1.73. The number of aromatic nitrogens is 1. The van der Waals surface area contributed by atoms with Crippen molar-refractivity contribution in [1.29, 1.82) is 0 Å². The number of carbonyl (C=O) groups excluding carboxylic acids is 2. The number of morpholine rings is 1. The normalized spacial score (nSPS) is 16.4. The smallest absolute Gasteiger partial charge is 0.269 e. The van der Waals surface area contributed by atoms with Crippen LogP contribution < -0.4 is 20.7 Å². The summed E-state index contributed by atoms with van der Waals surface area (Å²) in [6.07, 6.45) is 1.51. The zero-order valence-electron chi connectivity index (χ0n) is 15.2. The van der Waals surface area contributed by atoms with Gasteiger partial charge in [0.15, 0.2) is 0 Å². The summed E-state index contributed by atoms with van der Waals surface area (Å²) in [4.78, 5) is 28.1. The zero-order chi connectivity index (χ0) is 19.2. The van der Waals surface area contributed by atoms with Crippen LogP contribution in [0.15, 0.2) is 36.5 Å². The van der Waals surface area contributed by atoms with E-state index in [4.69, 9.17) is 9.47 Å². The summed E-state index contributed by atoms with van der Waals surface area (Å²) in [5.74, 6) is 0.614. The molecule has 0 radical (unpaired) electrons. The summed E-state index contributed by atoms with van der Waals surface area (Å²) in [5.41, 5.74) is 1.78. The van der Waals surface area contributed by atoms with Crippen LogP contribution in [0.25, 0.3) is 0 Å². The first-order chi connectivity index (χ1) is 13.1. The van der Waals surface area contributed by atoms with E-state index in [0.29, 0.717) is 36.9 Å². The lowest BCUT2D eigenvalue weighted by Crippen LogP contribution is -2.48. The van der Waals surface area contributed by atoms with Gasteiger partial charge in [-0.3, -0.25) is 14.6 Å². The Morgan fingerprint density at radius 1 is 1.30 bits per heavy atom. The van der Waals surface area contributed by atoms with E-state index >= 15 is 0 Å². The van der Waals surface area contributed by atoms with E-state index in [1.807, 2.05) is 19.1 Å². The lowest BCUT2D eigenvalue weighted by molar-refractivity contribution is -0.120. The van der Waals surface area contributed by atoms with E-state index in [2.05, 4.69) is 20.9 Å². The van der Waals surface area contributed by atoms with Crippen LogP contribution in [0.5, 0.6) is 11.5 Å². The monoisotopic (exact) mass is 370 g/mol. The molecule has 142 valence electrons. The second kappa shape index (κ2) is 8.61. The molecule has 0 bridgehead atoms. The lowest BCUT2D eigenvalue weighted by atomic mass is 10.2. The number of hydrogen-bond donors (Lipinski definition) is 3. The van der Waals surface area contributed by atoms with Crippen LogP contribution in [0.2, 0.25) is 0 Å². The molecular formula is C19H22N4O4. The fraction of sp³-hybridized carbons (Fsp3) is 0.316. The molecule has 1 unspecified atom stereocenters. The third-order valence-electron chi connectivity index (χ3n) is 4.11. The average molecular weight is 370 g/mol. The molecule has 1 aliphatic rings. The van der Waals surface area contributed by atoms with Crippen molar-refractivity contribution in [2.45, 2.75) is 13.0 Å². The van der Waals surface area contributed by atoms with E-state index < -0.39 is 0 Å². The van der Waals surface area contributed by atoms with Gasteiger partial charge in [0.2, 0.25) is 5.91 Å². The highest BCUT2D eigenvalue weighted by Crippen LogP contribution is 2.28. The molecule has 1 saturated heterocycles. The number of amides is 2. The molecule has 0 saturated carbocycles. The number of anilines is 1. The predicted octanol–water partition coefficient (Wildman–Crippen LogP) is 1.47. The van der Waals surface area contributed by atoms with Gasteiger partial charge in [-0.2, -0.15) is 0 Å². The molecule has 27 heavy (non-hydrogen) atoms. The van der Waals surface area contributed by atoms with Crippen LogP contribution in [0, 0.1) is 6.92 Å². The van der Waals surface area contributed by atoms with Crippen LogP contribution in [0.3, 0.4) is 0 Å². The van der Waals surface area contributed by atoms with Gasteiger partial charge in [0.25, 0.3) is 5.91 Å². The van der Waals surface area contributed by atoms with Crippen molar-refractivity contribution in [3.8, 4) is 11.5 Å². The van der Waals surface area contributed by atoms with Gasteiger partial charge in [0.1, 0.15) is 23.2 Å². The maximum absolute atomic E-state index is 12.3. The van der Waals surface area contributed by atoms with E-state index in [9.17, 15) is 9.59 Å². The Labute approximate surface area is 157 Å². The molecule has 2 amide bonds. The second-order valence-corrected chi connectivity index (χ2v) is 6.11. The van der Waals surface area contributed by atoms with Gasteiger partial charge in [0.05, 0.1) is 13.2 Å². The minimum absolute atomic E-state index is 0.157. The first-order valence-corrected chi connectivity index (χ1v) is 8.65. The summed E-state index contributed by atoms with van der Waals surface area (Å²) >= 11 is 0. The van der Waals surface area contributed by atoms with Crippen molar-refractivity contribution in [2.24, 2.45) is 0 Å². The van der Waals surface area contributed by atoms with Crippen molar-refractivity contribution in [2.75, 3.05) is 32.1 Å². The number of carbonyl (C=O) groups is 2. The Kier molecular flexibility index (Phi) is 6.00. The van der Waals surface area contributed by atoms with Gasteiger partial charge >= 0.3 is 0 Å². The maximum atomic E-state index is 12.3. The molecule has 1 aromatic carbocycles. The van der Waals surface area contributed by atoms with Gasteiger partial charge < -0.3 is 25.4 Å². The van der Waals surface area contributed by atoms with E-state index in [-0.39, 0.29) is 23.6 Å². The van der Waals surface area contributed by atoms with Crippen molar-refractivity contribution < 1.29 is 19.1 Å². The molecule has 1 aliphatic heterocycles. The highest BCUT2D eigenvalue weighted by atomic mass is 16.5. The van der Waals surface area contributed by atoms with Crippen LogP contribution in [0.1, 0.15) is 16.1 Å². The maximum Gasteiger partial charge on any atom is 0.269 e. The Bertz CT molecular complexity index is 834. The number of rotatable bonds is 5. The predicted molar refractivity (Wildman–Crippen MR) is 100 cm³/mol. The molecule has 1 fully saturated rings. The third-order valence-corrected chi connectivity index (χ3v) is 4.11. The zero-order valence-corrected chi connectivity index (χ0v) is 15.2. The molecule has 1 aromatic heterocycles. The number of pyridine rings is 1. The van der Waals surface area contributed by atoms with Crippen LogP contribution >= 0.6 is 0 Å². The van der Waals surface area contributed by atoms with E-state index in [0.717, 1.165) is 5.56 Å². The number of nitrogens with zero attached hydrogens (tertiary/aromatic N) is 1.